The van der Waals surface area contributed by atoms with Crippen molar-refractivity contribution in [1.82, 2.24) is 19.9 Å². The second kappa shape index (κ2) is 7.28. The summed E-state index contributed by atoms with van der Waals surface area (Å²) in [6, 6.07) is 7.83. The minimum atomic E-state index is -0.0812. The highest BCUT2D eigenvalue weighted by Gasteiger charge is 2.15. The van der Waals surface area contributed by atoms with Crippen molar-refractivity contribution in [2.45, 2.75) is 33.7 Å². The van der Waals surface area contributed by atoms with Gasteiger partial charge in [0.1, 0.15) is 11.9 Å². The molecule has 0 amide bonds. The Morgan fingerprint density at radius 1 is 1.12 bits per heavy atom. The molecular weight excluding hydrogens is 324 g/mol. The van der Waals surface area contributed by atoms with Crippen molar-refractivity contribution in [1.29, 1.82) is 5.26 Å². The summed E-state index contributed by atoms with van der Waals surface area (Å²) >= 11 is 0. The Kier molecular flexibility index (Phi) is 4.90. The van der Waals surface area contributed by atoms with Crippen LogP contribution in [0.1, 0.15) is 41.0 Å². The topological polar surface area (TPSA) is 87.4 Å². The first-order valence-corrected chi connectivity index (χ1v) is 8.38. The Morgan fingerprint density at radius 2 is 1.85 bits per heavy atom. The average Bonchev–Trinajstić information content (AvgIpc) is 2.62. The van der Waals surface area contributed by atoms with Gasteiger partial charge in [-0.25, -0.2) is 15.0 Å². The van der Waals surface area contributed by atoms with E-state index in [2.05, 4.69) is 31.3 Å². The molecule has 3 aromatic heterocycles. The lowest BCUT2D eigenvalue weighted by atomic mass is 10.1. The van der Waals surface area contributed by atoms with Crippen molar-refractivity contribution in [3.05, 3.63) is 64.9 Å². The Balaban J connectivity index is 1.90. The molecule has 1 N–H and O–H groups in total. The number of hydrogen-bond donors (Lipinski definition) is 1. The van der Waals surface area contributed by atoms with Crippen LogP contribution in [0, 0.1) is 32.1 Å². The molecule has 6 nitrogen and oxygen atoms in total. The molecule has 0 aromatic carbocycles. The van der Waals surface area contributed by atoms with Crippen LogP contribution in [-0.2, 0) is 0 Å². The van der Waals surface area contributed by atoms with Crippen LogP contribution >= 0.6 is 0 Å². The Bertz CT molecular complexity index is 976. The maximum atomic E-state index is 9.43. The van der Waals surface area contributed by atoms with Crippen LogP contribution < -0.4 is 5.32 Å². The summed E-state index contributed by atoms with van der Waals surface area (Å²) in [6.07, 6.45) is 5.27. The normalized spacial score (nSPS) is 11.7. The van der Waals surface area contributed by atoms with E-state index < -0.39 is 0 Å². The van der Waals surface area contributed by atoms with E-state index in [0.717, 1.165) is 28.1 Å². The molecule has 0 fully saturated rings. The van der Waals surface area contributed by atoms with Crippen LogP contribution in [-0.4, -0.2) is 19.9 Å². The molecule has 6 heteroatoms. The fraction of sp³-hybridized carbons (Fsp3) is 0.250. The van der Waals surface area contributed by atoms with Gasteiger partial charge in [0.15, 0.2) is 5.82 Å². The van der Waals surface area contributed by atoms with Crippen molar-refractivity contribution in [3.63, 3.8) is 0 Å². The lowest BCUT2D eigenvalue weighted by Gasteiger charge is -2.18. The molecule has 0 spiro atoms. The molecule has 0 radical (unpaired) electrons. The molecule has 0 aliphatic rings. The lowest BCUT2D eigenvalue weighted by Crippen LogP contribution is -2.13. The third-order valence-electron chi connectivity index (χ3n) is 4.23. The van der Waals surface area contributed by atoms with Gasteiger partial charge >= 0.3 is 0 Å². The highest BCUT2D eigenvalue weighted by atomic mass is 15.0. The summed E-state index contributed by atoms with van der Waals surface area (Å²) in [6.45, 7) is 7.81. The molecular formula is C20H20N6. The van der Waals surface area contributed by atoms with Gasteiger partial charge in [-0.15, -0.1) is 0 Å². The van der Waals surface area contributed by atoms with Crippen molar-refractivity contribution >= 4 is 5.82 Å². The summed E-state index contributed by atoms with van der Waals surface area (Å²) in [4.78, 5) is 17.6. The van der Waals surface area contributed by atoms with Crippen LogP contribution in [0.3, 0.4) is 0 Å². The highest BCUT2D eigenvalue weighted by Crippen LogP contribution is 2.25. The quantitative estimate of drug-likeness (QED) is 0.772. The lowest BCUT2D eigenvalue weighted by molar-refractivity contribution is 0.836. The molecule has 0 unspecified atom stereocenters. The summed E-state index contributed by atoms with van der Waals surface area (Å²) in [5.74, 6) is 1.26. The first kappa shape index (κ1) is 17.5. The van der Waals surface area contributed by atoms with E-state index >= 15 is 0 Å². The molecule has 26 heavy (non-hydrogen) atoms. The van der Waals surface area contributed by atoms with Crippen molar-refractivity contribution in [3.8, 4) is 17.5 Å². The van der Waals surface area contributed by atoms with Crippen LogP contribution in [0.25, 0.3) is 11.4 Å². The van der Waals surface area contributed by atoms with Gasteiger partial charge in [-0.05, 0) is 51.5 Å². The zero-order valence-electron chi connectivity index (χ0n) is 15.3. The first-order valence-electron chi connectivity index (χ1n) is 8.38. The smallest absolute Gasteiger partial charge is 0.159 e. The maximum Gasteiger partial charge on any atom is 0.159 e. The fourth-order valence-electron chi connectivity index (χ4n) is 2.91. The average molecular weight is 344 g/mol. The molecule has 0 bridgehead atoms. The minimum Gasteiger partial charge on any atom is -0.362 e. The zero-order valence-corrected chi connectivity index (χ0v) is 15.3. The summed E-state index contributed by atoms with van der Waals surface area (Å²) in [5, 5.41) is 12.8. The van der Waals surface area contributed by atoms with Gasteiger partial charge in [0.25, 0.3) is 0 Å². The Labute approximate surface area is 153 Å². The Hall–Kier alpha value is -3.33. The molecule has 130 valence electrons. The van der Waals surface area contributed by atoms with Gasteiger partial charge in [-0.3, -0.25) is 4.98 Å². The van der Waals surface area contributed by atoms with Crippen molar-refractivity contribution < 1.29 is 0 Å². The number of nitriles is 1. The monoisotopic (exact) mass is 344 g/mol. The standard InChI is InChI=1S/C20H20N6/c1-12-9-13(2)24-20(17(12)10-21)26-15(4)18-11-23-19(25-14(18)3)16-5-7-22-8-6-16/h5-9,11,15H,1-4H3,(H,24,26)/t15-/m0/s1. The third-order valence-corrected chi connectivity index (χ3v) is 4.23. The van der Waals surface area contributed by atoms with Gasteiger partial charge in [-0.2, -0.15) is 5.26 Å². The van der Waals surface area contributed by atoms with Crippen LogP contribution in [0.5, 0.6) is 0 Å². The maximum absolute atomic E-state index is 9.43. The predicted octanol–water partition coefficient (Wildman–Crippen LogP) is 3.90. The van der Waals surface area contributed by atoms with Crippen LogP contribution in [0.2, 0.25) is 0 Å². The molecule has 0 saturated heterocycles. The molecule has 0 saturated carbocycles. The van der Waals surface area contributed by atoms with Crippen molar-refractivity contribution in [2.75, 3.05) is 5.32 Å². The van der Waals surface area contributed by atoms with E-state index in [-0.39, 0.29) is 6.04 Å². The zero-order chi connectivity index (χ0) is 18.7. The second-order valence-electron chi connectivity index (χ2n) is 6.25. The number of hydrogen-bond acceptors (Lipinski definition) is 6. The number of aryl methyl sites for hydroxylation is 3. The molecule has 0 aliphatic heterocycles. The molecule has 3 rings (SSSR count). The van der Waals surface area contributed by atoms with Gasteiger partial charge in [0, 0.05) is 41.1 Å². The van der Waals surface area contributed by atoms with E-state index in [1.807, 2.05) is 52.1 Å². The second-order valence-corrected chi connectivity index (χ2v) is 6.25. The summed E-state index contributed by atoms with van der Waals surface area (Å²) < 4.78 is 0. The number of nitrogens with zero attached hydrogens (tertiary/aromatic N) is 5. The highest BCUT2D eigenvalue weighted by molar-refractivity contribution is 5.58. The molecule has 0 aliphatic carbocycles. The third kappa shape index (κ3) is 3.52. The van der Waals surface area contributed by atoms with E-state index in [9.17, 15) is 5.26 Å². The number of nitrogens with one attached hydrogen (secondary N) is 1. The van der Waals surface area contributed by atoms with Gasteiger partial charge in [0.2, 0.25) is 0 Å². The predicted molar refractivity (Wildman–Crippen MR) is 100 cm³/mol. The van der Waals surface area contributed by atoms with Gasteiger partial charge in [-0.1, -0.05) is 0 Å². The van der Waals surface area contributed by atoms with Crippen LogP contribution in [0.4, 0.5) is 5.82 Å². The van der Waals surface area contributed by atoms with Gasteiger partial charge in [0.05, 0.1) is 11.6 Å². The van der Waals surface area contributed by atoms with E-state index in [4.69, 9.17) is 0 Å². The molecule has 1 atom stereocenters. The Morgan fingerprint density at radius 3 is 2.50 bits per heavy atom. The number of aromatic nitrogens is 4. The van der Waals surface area contributed by atoms with E-state index in [1.165, 1.54) is 0 Å². The van der Waals surface area contributed by atoms with Crippen LogP contribution in [0.15, 0.2) is 36.8 Å². The number of rotatable bonds is 4. The molecule has 3 aromatic rings. The largest absolute Gasteiger partial charge is 0.362 e. The minimum absolute atomic E-state index is 0.0812. The first-order chi connectivity index (χ1) is 12.5. The summed E-state index contributed by atoms with van der Waals surface area (Å²) in [7, 11) is 0. The SMILES string of the molecule is Cc1cc(C)c(C#N)c(N[C@@H](C)c2cnc(-c3ccncc3)nc2C)n1. The molecule has 3 heterocycles. The van der Waals surface area contributed by atoms with Crippen molar-refractivity contribution in [2.24, 2.45) is 0 Å². The summed E-state index contributed by atoms with van der Waals surface area (Å²) in [5.41, 5.74) is 5.13. The number of pyridine rings is 2. The van der Waals surface area contributed by atoms with E-state index in [0.29, 0.717) is 17.2 Å². The van der Waals surface area contributed by atoms with Gasteiger partial charge < -0.3 is 5.32 Å². The van der Waals surface area contributed by atoms with E-state index in [1.54, 1.807) is 12.4 Å². The number of anilines is 1. The fourth-order valence-corrected chi connectivity index (χ4v) is 2.91.